The van der Waals surface area contributed by atoms with Crippen molar-refractivity contribution in [3.05, 3.63) is 82.9 Å². The maximum absolute atomic E-state index is 13.8. The molecule has 2 unspecified atom stereocenters. The number of carbonyl (C=O) groups is 2. The van der Waals surface area contributed by atoms with Crippen LogP contribution in [0.4, 0.5) is 0 Å². The minimum Gasteiger partial charge on any atom is -0.497 e. The SMILES string of the molecule is CCCOc1ccc2c(c1)CC(C(=O)Oc1ccc(OC)cc1/C=C/C(=O)OC)C2c1ccc2c(c1)OCO2. The summed E-state index contributed by atoms with van der Waals surface area (Å²) in [7, 11) is 2.84. The monoisotopic (exact) mass is 530 g/mol. The zero-order valence-electron chi connectivity index (χ0n) is 22.1. The summed E-state index contributed by atoms with van der Waals surface area (Å²) < 4.78 is 33.0. The van der Waals surface area contributed by atoms with Gasteiger partial charge in [0, 0.05) is 17.6 Å². The third kappa shape index (κ3) is 5.55. The van der Waals surface area contributed by atoms with E-state index in [0.29, 0.717) is 41.6 Å². The molecule has 2 aliphatic rings. The summed E-state index contributed by atoms with van der Waals surface area (Å²) in [5.41, 5.74) is 3.52. The van der Waals surface area contributed by atoms with Crippen LogP contribution in [0.5, 0.6) is 28.7 Å². The molecule has 0 N–H and O–H groups in total. The Hall–Kier alpha value is -4.46. The van der Waals surface area contributed by atoms with Crippen LogP contribution in [-0.4, -0.2) is 39.6 Å². The third-order valence-electron chi connectivity index (χ3n) is 6.85. The number of benzene rings is 3. The van der Waals surface area contributed by atoms with Gasteiger partial charge in [0.05, 0.1) is 26.7 Å². The lowest BCUT2D eigenvalue weighted by molar-refractivity contribution is -0.139. The number of ether oxygens (including phenoxy) is 6. The highest BCUT2D eigenvalue weighted by Crippen LogP contribution is 2.47. The van der Waals surface area contributed by atoms with Crippen molar-refractivity contribution in [1.29, 1.82) is 0 Å². The van der Waals surface area contributed by atoms with Gasteiger partial charge in [-0.2, -0.15) is 0 Å². The number of hydrogen-bond acceptors (Lipinski definition) is 8. The summed E-state index contributed by atoms with van der Waals surface area (Å²) >= 11 is 0. The molecule has 39 heavy (non-hydrogen) atoms. The van der Waals surface area contributed by atoms with E-state index in [4.69, 9.17) is 28.4 Å². The lowest BCUT2D eigenvalue weighted by Gasteiger charge is -2.21. The summed E-state index contributed by atoms with van der Waals surface area (Å²) in [5, 5.41) is 0. The summed E-state index contributed by atoms with van der Waals surface area (Å²) in [5.74, 6) is 1.32. The average molecular weight is 531 g/mol. The predicted molar refractivity (Wildman–Crippen MR) is 144 cm³/mol. The summed E-state index contributed by atoms with van der Waals surface area (Å²) in [6.45, 7) is 2.85. The first-order valence-electron chi connectivity index (χ1n) is 12.8. The Bertz CT molecular complexity index is 1410. The smallest absolute Gasteiger partial charge is 0.330 e. The first-order valence-corrected chi connectivity index (χ1v) is 12.8. The van der Waals surface area contributed by atoms with Crippen LogP contribution in [0.25, 0.3) is 6.08 Å². The molecule has 8 heteroatoms. The van der Waals surface area contributed by atoms with Gasteiger partial charge in [0.15, 0.2) is 11.5 Å². The van der Waals surface area contributed by atoms with E-state index in [1.165, 1.54) is 19.3 Å². The van der Waals surface area contributed by atoms with E-state index in [-0.39, 0.29) is 18.7 Å². The van der Waals surface area contributed by atoms with E-state index < -0.39 is 11.9 Å². The second-order valence-electron chi connectivity index (χ2n) is 9.29. The molecule has 0 fully saturated rings. The second-order valence-corrected chi connectivity index (χ2v) is 9.29. The number of carbonyl (C=O) groups excluding carboxylic acids is 2. The van der Waals surface area contributed by atoms with Crippen molar-refractivity contribution in [3.8, 4) is 28.7 Å². The van der Waals surface area contributed by atoms with E-state index in [1.807, 2.05) is 36.4 Å². The molecule has 0 saturated heterocycles. The highest BCUT2D eigenvalue weighted by molar-refractivity contribution is 5.88. The van der Waals surface area contributed by atoms with Crippen LogP contribution in [0, 0.1) is 5.92 Å². The Labute approximate surface area is 227 Å². The van der Waals surface area contributed by atoms with Crippen molar-refractivity contribution >= 4 is 18.0 Å². The van der Waals surface area contributed by atoms with Crippen LogP contribution in [0.3, 0.4) is 0 Å². The predicted octanol–water partition coefficient (Wildman–Crippen LogP) is 5.31. The van der Waals surface area contributed by atoms with E-state index in [9.17, 15) is 9.59 Å². The Morgan fingerprint density at radius 3 is 2.59 bits per heavy atom. The fourth-order valence-electron chi connectivity index (χ4n) is 4.97. The Kier molecular flexibility index (Phi) is 7.72. The summed E-state index contributed by atoms with van der Waals surface area (Å²) in [4.78, 5) is 25.5. The van der Waals surface area contributed by atoms with Gasteiger partial charge in [0.25, 0.3) is 0 Å². The van der Waals surface area contributed by atoms with Crippen molar-refractivity contribution < 1.29 is 38.0 Å². The van der Waals surface area contributed by atoms with Crippen molar-refractivity contribution in [1.82, 2.24) is 0 Å². The van der Waals surface area contributed by atoms with Gasteiger partial charge in [-0.15, -0.1) is 0 Å². The van der Waals surface area contributed by atoms with Gasteiger partial charge in [0.1, 0.15) is 17.2 Å². The van der Waals surface area contributed by atoms with Gasteiger partial charge in [-0.3, -0.25) is 4.79 Å². The lowest BCUT2D eigenvalue weighted by atomic mass is 9.85. The minimum absolute atomic E-state index is 0.170. The molecule has 2 atom stereocenters. The standard InChI is InChI=1S/C31H30O8/c1-4-13-36-23-7-9-24-21(15-23)16-25(30(24)20-5-10-27-28(17-20)38-18-37-27)31(33)39-26-11-8-22(34-2)14-19(26)6-12-29(32)35-3/h5-12,14-15,17,25,30H,4,13,16,18H2,1-3H3/b12-6+. The fourth-order valence-corrected chi connectivity index (χ4v) is 4.97. The molecule has 8 nitrogen and oxygen atoms in total. The molecule has 3 aromatic carbocycles. The van der Waals surface area contributed by atoms with Gasteiger partial charge in [-0.1, -0.05) is 19.1 Å². The summed E-state index contributed by atoms with van der Waals surface area (Å²) in [6, 6.07) is 16.8. The van der Waals surface area contributed by atoms with Crippen molar-refractivity contribution in [2.45, 2.75) is 25.7 Å². The molecule has 0 bridgehead atoms. The molecule has 0 amide bonds. The molecule has 0 spiro atoms. The number of rotatable bonds is 9. The number of methoxy groups -OCH3 is 2. The molecule has 0 saturated carbocycles. The van der Waals surface area contributed by atoms with Gasteiger partial charge < -0.3 is 28.4 Å². The molecular weight excluding hydrogens is 500 g/mol. The third-order valence-corrected chi connectivity index (χ3v) is 6.85. The highest BCUT2D eigenvalue weighted by atomic mass is 16.7. The molecule has 5 rings (SSSR count). The first kappa shape index (κ1) is 26.2. The molecular formula is C31H30O8. The molecule has 1 heterocycles. The molecule has 0 radical (unpaired) electrons. The normalized spacial score (nSPS) is 17.1. The van der Waals surface area contributed by atoms with Gasteiger partial charge in [-0.25, -0.2) is 4.79 Å². The maximum Gasteiger partial charge on any atom is 0.330 e. The molecule has 202 valence electrons. The quantitative estimate of drug-likeness (QED) is 0.209. The van der Waals surface area contributed by atoms with E-state index in [0.717, 1.165) is 28.9 Å². The van der Waals surface area contributed by atoms with Crippen LogP contribution in [-0.2, 0) is 20.7 Å². The van der Waals surface area contributed by atoms with Crippen LogP contribution >= 0.6 is 0 Å². The number of esters is 2. The fraction of sp³-hybridized carbons (Fsp3) is 0.290. The van der Waals surface area contributed by atoms with Crippen molar-refractivity contribution in [3.63, 3.8) is 0 Å². The second kappa shape index (κ2) is 11.5. The first-order chi connectivity index (χ1) is 19.0. The Morgan fingerprint density at radius 2 is 1.79 bits per heavy atom. The van der Waals surface area contributed by atoms with E-state index in [2.05, 4.69) is 6.92 Å². The Balaban J connectivity index is 1.48. The zero-order chi connectivity index (χ0) is 27.4. The molecule has 1 aliphatic heterocycles. The zero-order valence-corrected chi connectivity index (χ0v) is 22.1. The van der Waals surface area contributed by atoms with Crippen LogP contribution < -0.4 is 23.7 Å². The van der Waals surface area contributed by atoms with Crippen LogP contribution in [0.1, 0.15) is 41.5 Å². The van der Waals surface area contributed by atoms with Gasteiger partial charge in [-0.05, 0) is 78.1 Å². The topological polar surface area (TPSA) is 89.5 Å². The molecule has 0 aromatic heterocycles. The number of fused-ring (bicyclic) bond motifs is 2. The minimum atomic E-state index is -0.523. The van der Waals surface area contributed by atoms with E-state index >= 15 is 0 Å². The van der Waals surface area contributed by atoms with Crippen LogP contribution in [0.2, 0.25) is 0 Å². The van der Waals surface area contributed by atoms with Crippen molar-refractivity contribution in [2.75, 3.05) is 27.6 Å². The molecule has 3 aromatic rings. The number of hydrogen-bond donors (Lipinski definition) is 0. The van der Waals surface area contributed by atoms with Crippen molar-refractivity contribution in [2.24, 2.45) is 5.92 Å². The molecule has 1 aliphatic carbocycles. The lowest BCUT2D eigenvalue weighted by Crippen LogP contribution is -2.25. The Morgan fingerprint density at radius 1 is 0.974 bits per heavy atom. The average Bonchev–Trinajstić information content (AvgIpc) is 3.59. The van der Waals surface area contributed by atoms with Crippen LogP contribution in [0.15, 0.2) is 60.7 Å². The van der Waals surface area contributed by atoms with Gasteiger partial charge >= 0.3 is 11.9 Å². The van der Waals surface area contributed by atoms with E-state index in [1.54, 1.807) is 25.3 Å². The maximum atomic E-state index is 13.8. The largest absolute Gasteiger partial charge is 0.497 e. The van der Waals surface area contributed by atoms with Gasteiger partial charge in [0.2, 0.25) is 6.79 Å². The highest BCUT2D eigenvalue weighted by Gasteiger charge is 2.40. The summed E-state index contributed by atoms with van der Waals surface area (Å²) in [6.07, 6.45) is 4.19.